The standard InChI is InChI=1S/C12H14Cl2N2O2/c1-12(5-2-6-18-12)7-15-11(17)8-3-4-9(13)16-10(8)14/h3-4H,2,5-7H2,1H3,(H,15,17). The van der Waals surface area contributed by atoms with E-state index in [9.17, 15) is 4.79 Å². The van der Waals surface area contributed by atoms with Gasteiger partial charge in [-0.1, -0.05) is 23.2 Å². The maximum atomic E-state index is 11.9. The Morgan fingerprint density at radius 3 is 2.94 bits per heavy atom. The quantitative estimate of drug-likeness (QED) is 0.870. The SMILES string of the molecule is CC1(CNC(=O)c2ccc(Cl)nc2Cl)CCCO1. The van der Waals surface area contributed by atoms with Gasteiger partial charge in [0.25, 0.3) is 5.91 Å². The van der Waals surface area contributed by atoms with Crippen LogP contribution >= 0.6 is 23.2 Å². The van der Waals surface area contributed by atoms with Crippen molar-refractivity contribution in [2.75, 3.05) is 13.2 Å². The van der Waals surface area contributed by atoms with Crippen molar-refractivity contribution in [2.24, 2.45) is 0 Å². The lowest BCUT2D eigenvalue weighted by Crippen LogP contribution is -2.40. The van der Waals surface area contributed by atoms with Crippen LogP contribution in [0.3, 0.4) is 0 Å². The number of carbonyl (C=O) groups excluding carboxylic acids is 1. The molecule has 1 saturated heterocycles. The van der Waals surface area contributed by atoms with Gasteiger partial charge in [0.15, 0.2) is 0 Å². The summed E-state index contributed by atoms with van der Waals surface area (Å²) in [4.78, 5) is 15.8. The van der Waals surface area contributed by atoms with Crippen LogP contribution in [0.1, 0.15) is 30.1 Å². The molecule has 1 aromatic heterocycles. The average molecular weight is 289 g/mol. The van der Waals surface area contributed by atoms with Crippen LogP contribution in [0.5, 0.6) is 0 Å². The fourth-order valence-corrected chi connectivity index (χ4v) is 2.35. The Hall–Kier alpha value is -0.840. The number of carbonyl (C=O) groups is 1. The molecule has 0 spiro atoms. The summed E-state index contributed by atoms with van der Waals surface area (Å²) >= 11 is 11.5. The van der Waals surface area contributed by atoms with Gasteiger partial charge in [-0.15, -0.1) is 0 Å². The average Bonchev–Trinajstić information content (AvgIpc) is 2.74. The van der Waals surface area contributed by atoms with Crippen LogP contribution in [0.4, 0.5) is 0 Å². The van der Waals surface area contributed by atoms with Gasteiger partial charge in [-0.2, -0.15) is 0 Å². The van der Waals surface area contributed by atoms with Gasteiger partial charge in [0.05, 0.1) is 11.2 Å². The summed E-state index contributed by atoms with van der Waals surface area (Å²) in [6.45, 7) is 3.20. The molecule has 2 rings (SSSR count). The molecule has 1 aliphatic heterocycles. The van der Waals surface area contributed by atoms with Gasteiger partial charge in [0, 0.05) is 13.2 Å². The first-order valence-corrected chi connectivity index (χ1v) is 6.50. The van der Waals surface area contributed by atoms with Gasteiger partial charge in [0.1, 0.15) is 10.3 Å². The van der Waals surface area contributed by atoms with E-state index >= 15 is 0 Å². The van der Waals surface area contributed by atoms with Crippen molar-refractivity contribution < 1.29 is 9.53 Å². The third kappa shape index (κ3) is 3.13. The Morgan fingerprint density at radius 2 is 2.33 bits per heavy atom. The Balaban J connectivity index is 1.99. The number of nitrogens with one attached hydrogen (secondary N) is 1. The second-order valence-electron chi connectivity index (χ2n) is 4.56. The number of pyridine rings is 1. The Labute approximate surface area is 116 Å². The van der Waals surface area contributed by atoms with E-state index < -0.39 is 0 Å². The molecule has 1 aromatic rings. The van der Waals surface area contributed by atoms with Crippen molar-refractivity contribution in [3.8, 4) is 0 Å². The highest BCUT2D eigenvalue weighted by Gasteiger charge is 2.30. The Bertz CT molecular complexity index is 459. The van der Waals surface area contributed by atoms with Gasteiger partial charge in [0.2, 0.25) is 0 Å². The fourth-order valence-electron chi connectivity index (χ4n) is 1.92. The predicted octanol–water partition coefficient (Wildman–Crippen LogP) is 2.69. The molecule has 1 aliphatic rings. The molecule has 0 radical (unpaired) electrons. The van der Waals surface area contributed by atoms with E-state index in [1.165, 1.54) is 6.07 Å². The minimum absolute atomic E-state index is 0.109. The lowest BCUT2D eigenvalue weighted by atomic mass is 10.0. The summed E-state index contributed by atoms with van der Waals surface area (Å²) in [5, 5.41) is 3.19. The maximum absolute atomic E-state index is 11.9. The van der Waals surface area contributed by atoms with Gasteiger partial charge < -0.3 is 10.1 Å². The van der Waals surface area contributed by atoms with Gasteiger partial charge in [-0.25, -0.2) is 4.98 Å². The van der Waals surface area contributed by atoms with E-state index in [2.05, 4.69) is 10.3 Å². The number of hydrogen-bond acceptors (Lipinski definition) is 3. The molecule has 18 heavy (non-hydrogen) atoms. The lowest BCUT2D eigenvalue weighted by Gasteiger charge is -2.23. The number of rotatable bonds is 3. The van der Waals surface area contributed by atoms with Crippen LogP contribution in [-0.2, 0) is 4.74 Å². The number of ether oxygens (including phenoxy) is 1. The summed E-state index contributed by atoms with van der Waals surface area (Å²) in [6, 6.07) is 3.10. The maximum Gasteiger partial charge on any atom is 0.254 e. The van der Waals surface area contributed by atoms with Crippen molar-refractivity contribution >= 4 is 29.1 Å². The van der Waals surface area contributed by atoms with Crippen LogP contribution in [0.25, 0.3) is 0 Å². The highest BCUT2D eigenvalue weighted by Crippen LogP contribution is 2.24. The second kappa shape index (κ2) is 5.43. The summed E-state index contributed by atoms with van der Waals surface area (Å²) in [6.07, 6.45) is 1.97. The van der Waals surface area contributed by atoms with Gasteiger partial charge in [-0.3, -0.25) is 4.79 Å². The molecular formula is C12H14Cl2N2O2. The molecule has 1 fully saturated rings. The molecule has 0 aliphatic carbocycles. The first-order valence-electron chi connectivity index (χ1n) is 5.74. The topological polar surface area (TPSA) is 51.2 Å². The van der Waals surface area contributed by atoms with Crippen LogP contribution in [-0.4, -0.2) is 29.6 Å². The lowest BCUT2D eigenvalue weighted by molar-refractivity contribution is 0.0206. The first-order chi connectivity index (χ1) is 8.50. The first kappa shape index (κ1) is 13.6. The third-order valence-electron chi connectivity index (χ3n) is 2.98. The summed E-state index contributed by atoms with van der Waals surface area (Å²) < 4.78 is 5.59. The van der Waals surface area contributed by atoms with Crippen molar-refractivity contribution in [3.05, 3.63) is 28.0 Å². The molecule has 4 nitrogen and oxygen atoms in total. The molecule has 1 amide bonds. The Morgan fingerprint density at radius 1 is 1.56 bits per heavy atom. The number of nitrogens with zero attached hydrogens (tertiary/aromatic N) is 1. The molecule has 0 bridgehead atoms. The highest BCUT2D eigenvalue weighted by atomic mass is 35.5. The number of amides is 1. The van der Waals surface area contributed by atoms with Crippen molar-refractivity contribution in [1.29, 1.82) is 0 Å². The van der Waals surface area contributed by atoms with Crippen molar-refractivity contribution in [3.63, 3.8) is 0 Å². The van der Waals surface area contributed by atoms with E-state index in [-0.39, 0.29) is 21.8 Å². The highest BCUT2D eigenvalue weighted by molar-refractivity contribution is 6.34. The van der Waals surface area contributed by atoms with E-state index in [0.717, 1.165) is 19.4 Å². The van der Waals surface area contributed by atoms with Crippen molar-refractivity contribution in [1.82, 2.24) is 10.3 Å². The van der Waals surface area contributed by atoms with Crippen LogP contribution in [0, 0.1) is 0 Å². The normalized spacial score (nSPS) is 23.1. The van der Waals surface area contributed by atoms with E-state index in [4.69, 9.17) is 27.9 Å². The predicted molar refractivity (Wildman–Crippen MR) is 70.2 cm³/mol. The van der Waals surface area contributed by atoms with Gasteiger partial charge in [-0.05, 0) is 31.9 Å². The van der Waals surface area contributed by atoms with Crippen molar-refractivity contribution in [2.45, 2.75) is 25.4 Å². The molecule has 0 saturated carbocycles. The second-order valence-corrected chi connectivity index (χ2v) is 5.30. The zero-order chi connectivity index (χ0) is 13.2. The van der Waals surface area contributed by atoms with E-state index in [1.807, 2.05) is 6.92 Å². The molecular weight excluding hydrogens is 275 g/mol. The third-order valence-corrected chi connectivity index (χ3v) is 3.48. The smallest absolute Gasteiger partial charge is 0.254 e. The molecule has 1 unspecified atom stereocenters. The van der Waals surface area contributed by atoms with E-state index in [1.54, 1.807) is 6.07 Å². The Kier molecular flexibility index (Phi) is 4.10. The number of aromatic nitrogens is 1. The zero-order valence-electron chi connectivity index (χ0n) is 10.0. The van der Waals surface area contributed by atoms with E-state index in [0.29, 0.717) is 12.1 Å². The molecule has 0 aromatic carbocycles. The zero-order valence-corrected chi connectivity index (χ0v) is 11.5. The van der Waals surface area contributed by atoms with Crippen LogP contribution < -0.4 is 5.32 Å². The molecule has 2 heterocycles. The minimum atomic E-state index is -0.276. The molecule has 98 valence electrons. The van der Waals surface area contributed by atoms with Gasteiger partial charge >= 0.3 is 0 Å². The summed E-state index contributed by atoms with van der Waals surface area (Å²) in [7, 11) is 0. The summed E-state index contributed by atoms with van der Waals surface area (Å²) in [5.74, 6) is -0.263. The molecule has 6 heteroatoms. The summed E-state index contributed by atoms with van der Waals surface area (Å²) in [5.41, 5.74) is 0.0461. The molecule has 1 atom stereocenters. The number of hydrogen-bond donors (Lipinski definition) is 1. The minimum Gasteiger partial charge on any atom is -0.373 e. The van der Waals surface area contributed by atoms with Crippen LogP contribution in [0.2, 0.25) is 10.3 Å². The largest absolute Gasteiger partial charge is 0.373 e. The molecule has 1 N–H and O–H groups in total. The fraction of sp³-hybridized carbons (Fsp3) is 0.500. The van der Waals surface area contributed by atoms with Crippen LogP contribution in [0.15, 0.2) is 12.1 Å². The monoisotopic (exact) mass is 288 g/mol. The number of halogens is 2.